The molecule has 3 heteroatoms. The average molecular weight is 246 g/mol. The van der Waals surface area contributed by atoms with Gasteiger partial charge in [-0.15, -0.1) is 11.8 Å². The number of thioether (sulfide) groups is 1. The first-order valence-corrected chi connectivity index (χ1v) is 7.06. The van der Waals surface area contributed by atoms with Crippen molar-refractivity contribution in [1.82, 2.24) is 9.55 Å². The fourth-order valence-electron chi connectivity index (χ4n) is 1.77. The molecule has 0 bridgehead atoms. The largest absolute Gasteiger partial charge is 0.334 e. The van der Waals surface area contributed by atoms with Gasteiger partial charge in [0.2, 0.25) is 0 Å². The lowest BCUT2D eigenvalue weighted by atomic mass is 10.3. The van der Waals surface area contributed by atoms with Crippen molar-refractivity contribution in [1.29, 1.82) is 0 Å². The summed E-state index contributed by atoms with van der Waals surface area (Å²) in [5.74, 6) is 2.30. The molecule has 0 aliphatic rings. The van der Waals surface area contributed by atoms with Gasteiger partial charge in [0.1, 0.15) is 5.82 Å². The molecule has 0 atom stereocenters. The summed E-state index contributed by atoms with van der Waals surface area (Å²) in [6, 6.07) is 10.5. The fourth-order valence-corrected chi connectivity index (χ4v) is 2.65. The van der Waals surface area contributed by atoms with Crippen molar-refractivity contribution in [3.8, 4) is 0 Å². The molecule has 2 nitrogen and oxygen atoms in total. The molecule has 1 aromatic carbocycles. The van der Waals surface area contributed by atoms with Crippen molar-refractivity contribution in [2.75, 3.05) is 5.75 Å². The zero-order valence-corrected chi connectivity index (χ0v) is 11.0. The zero-order chi connectivity index (χ0) is 11.9. The highest BCUT2D eigenvalue weighted by Crippen LogP contribution is 2.17. The first kappa shape index (κ1) is 12.2. The maximum atomic E-state index is 4.39. The number of benzene rings is 1. The number of nitrogens with zero attached hydrogens (tertiary/aromatic N) is 2. The third kappa shape index (κ3) is 3.63. The van der Waals surface area contributed by atoms with Crippen molar-refractivity contribution in [3.05, 3.63) is 48.5 Å². The van der Waals surface area contributed by atoms with Crippen LogP contribution in [0.2, 0.25) is 0 Å². The number of imidazole rings is 1. The topological polar surface area (TPSA) is 17.8 Å². The van der Waals surface area contributed by atoms with E-state index in [1.54, 1.807) is 0 Å². The van der Waals surface area contributed by atoms with Gasteiger partial charge in [0.15, 0.2) is 0 Å². The SMILES string of the molecule is CCCc1nccn1CCSc1ccccc1. The molecule has 0 unspecified atom stereocenters. The second-order valence-electron chi connectivity index (χ2n) is 3.95. The molecule has 0 amide bonds. The molecule has 2 rings (SSSR count). The van der Waals surface area contributed by atoms with Crippen molar-refractivity contribution in [2.45, 2.75) is 31.2 Å². The Bertz CT molecular complexity index is 436. The van der Waals surface area contributed by atoms with E-state index in [2.05, 4.69) is 53.0 Å². The fraction of sp³-hybridized carbons (Fsp3) is 0.357. The smallest absolute Gasteiger partial charge is 0.108 e. The van der Waals surface area contributed by atoms with Crippen LogP contribution < -0.4 is 0 Å². The average Bonchev–Trinajstić information content (AvgIpc) is 2.79. The second kappa shape index (κ2) is 6.50. The Morgan fingerprint density at radius 2 is 2.06 bits per heavy atom. The predicted octanol–water partition coefficient (Wildman–Crippen LogP) is 3.63. The summed E-state index contributed by atoms with van der Waals surface area (Å²) in [4.78, 5) is 5.72. The number of aromatic nitrogens is 2. The summed E-state index contributed by atoms with van der Waals surface area (Å²) < 4.78 is 2.26. The van der Waals surface area contributed by atoms with Crippen LogP contribution in [0.5, 0.6) is 0 Å². The van der Waals surface area contributed by atoms with E-state index >= 15 is 0 Å². The third-order valence-corrected chi connectivity index (χ3v) is 3.61. The summed E-state index contributed by atoms with van der Waals surface area (Å²) in [6.07, 6.45) is 6.21. The number of hydrogen-bond donors (Lipinski definition) is 0. The van der Waals surface area contributed by atoms with Gasteiger partial charge in [-0.05, 0) is 18.6 Å². The van der Waals surface area contributed by atoms with Crippen LogP contribution in [0.15, 0.2) is 47.6 Å². The summed E-state index contributed by atoms with van der Waals surface area (Å²) in [5.41, 5.74) is 0. The van der Waals surface area contributed by atoms with E-state index in [4.69, 9.17) is 0 Å². The van der Waals surface area contributed by atoms with Gasteiger partial charge >= 0.3 is 0 Å². The van der Waals surface area contributed by atoms with E-state index in [1.165, 1.54) is 10.7 Å². The minimum atomic E-state index is 1.04. The van der Waals surface area contributed by atoms with Crippen LogP contribution in [0.25, 0.3) is 0 Å². The molecular weight excluding hydrogens is 228 g/mol. The Kier molecular flexibility index (Phi) is 4.68. The van der Waals surface area contributed by atoms with Gasteiger partial charge in [0.05, 0.1) is 0 Å². The van der Waals surface area contributed by atoms with Crippen LogP contribution in [-0.4, -0.2) is 15.3 Å². The molecule has 90 valence electrons. The summed E-state index contributed by atoms with van der Waals surface area (Å²) in [6.45, 7) is 3.23. The minimum absolute atomic E-state index is 1.04. The molecule has 0 aliphatic carbocycles. The first-order chi connectivity index (χ1) is 8.40. The quantitative estimate of drug-likeness (QED) is 0.724. The van der Waals surface area contributed by atoms with Gasteiger partial charge in [-0.3, -0.25) is 0 Å². The number of hydrogen-bond acceptors (Lipinski definition) is 2. The molecule has 1 aromatic heterocycles. The maximum Gasteiger partial charge on any atom is 0.108 e. The second-order valence-corrected chi connectivity index (χ2v) is 5.12. The molecular formula is C14H18N2S. The molecule has 0 aliphatic heterocycles. The highest BCUT2D eigenvalue weighted by atomic mass is 32.2. The van der Waals surface area contributed by atoms with Gasteiger partial charge in [0.25, 0.3) is 0 Å². The Morgan fingerprint density at radius 3 is 2.82 bits per heavy atom. The summed E-state index contributed by atoms with van der Waals surface area (Å²) in [5, 5.41) is 0. The first-order valence-electron chi connectivity index (χ1n) is 6.08. The van der Waals surface area contributed by atoms with Gasteiger partial charge < -0.3 is 4.57 Å². The van der Waals surface area contributed by atoms with Crippen LogP contribution in [0.1, 0.15) is 19.2 Å². The van der Waals surface area contributed by atoms with Gasteiger partial charge in [0, 0.05) is 36.0 Å². The Balaban J connectivity index is 1.84. The van der Waals surface area contributed by atoms with E-state index in [-0.39, 0.29) is 0 Å². The van der Waals surface area contributed by atoms with Crippen molar-refractivity contribution >= 4 is 11.8 Å². The van der Waals surface area contributed by atoms with E-state index in [0.29, 0.717) is 0 Å². The molecule has 1 heterocycles. The highest BCUT2D eigenvalue weighted by molar-refractivity contribution is 7.99. The highest BCUT2D eigenvalue weighted by Gasteiger charge is 2.01. The van der Waals surface area contributed by atoms with Gasteiger partial charge in [-0.25, -0.2) is 4.98 Å². The standard InChI is InChI=1S/C14H18N2S/c1-2-6-14-15-9-10-16(14)11-12-17-13-7-4-3-5-8-13/h3-5,7-10H,2,6,11-12H2,1H3. The molecule has 0 radical (unpaired) electrons. The van der Waals surface area contributed by atoms with E-state index in [1.807, 2.05) is 18.0 Å². The third-order valence-electron chi connectivity index (χ3n) is 2.62. The van der Waals surface area contributed by atoms with Crippen LogP contribution in [0, 0.1) is 0 Å². The molecule has 0 fully saturated rings. The monoisotopic (exact) mass is 246 g/mol. The van der Waals surface area contributed by atoms with E-state index < -0.39 is 0 Å². The van der Waals surface area contributed by atoms with Crippen molar-refractivity contribution in [3.63, 3.8) is 0 Å². The van der Waals surface area contributed by atoms with Crippen LogP contribution in [0.4, 0.5) is 0 Å². The Hall–Kier alpha value is -1.22. The van der Waals surface area contributed by atoms with E-state index in [0.717, 1.165) is 25.1 Å². The van der Waals surface area contributed by atoms with Crippen molar-refractivity contribution < 1.29 is 0 Å². The zero-order valence-electron chi connectivity index (χ0n) is 10.2. The summed E-state index contributed by atoms with van der Waals surface area (Å²) >= 11 is 1.90. The van der Waals surface area contributed by atoms with Gasteiger partial charge in [-0.1, -0.05) is 25.1 Å². The normalized spacial score (nSPS) is 10.6. The Labute approximate surface area is 107 Å². The summed E-state index contributed by atoms with van der Waals surface area (Å²) in [7, 11) is 0. The molecule has 17 heavy (non-hydrogen) atoms. The van der Waals surface area contributed by atoms with Crippen LogP contribution >= 0.6 is 11.8 Å². The predicted molar refractivity (Wildman–Crippen MR) is 73.4 cm³/mol. The van der Waals surface area contributed by atoms with Crippen LogP contribution in [-0.2, 0) is 13.0 Å². The molecule has 0 spiro atoms. The Morgan fingerprint density at radius 1 is 1.24 bits per heavy atom. The number of rotatable bonds is 6. The lowest BCUT2D eigenvalue weighted by Crippen LogP contribution is -2.04. The van der Waals surface area contributed by atoms with Crippen molar-refractivity contribution in [2.24, 2.45) is 0 Å². The molecule has 2 aromatic rings. The lowest BCUT2D eigenvalue weighted by Gasteiger charge is -2.06. The van der Waals surface area contributed by atoms with E-state index in [9.17, 15) is 0 Å². The van der Waals surface area contributed by atoms with Gasteiger partial charge in [-0.2, -0.15) is 0 Å². The molecule has 0 N–H and O–H groups in total. The maximum absolute atomic E-state index is 4.39. The van der Waals surface area contributed by atoms with Crippen LogP contribution in [0.3, 0.4) is 0 Å². The lowest BCUT2D eigenvalue weighted by molar-refractivity contribution is 0.689. The number of aryl methyl sites for hydroxylation is 2. The molecule has 0 saturated carbocycles. The minimum Gasteiger partial charge on any atom is -0.334 e. The molecule has 0 saturated heterocycles.